The van der Waals surface area contributed by atoms with Gasteiger partial charge in [0.15, 0.2) is 0 Å². The van der Waals surface area contributed by atoms with Crippen molar-refractivity contribution in [1.29, 1.82) is 0 Å². The second kappa shape index (κ2) is 6.22. The molecule has 0 atom stereocenters. The normalized spacial score (nSPS) is 10.4. The second-order valence-corrected chi connectivity index (χ2v) is 5.23. The highest BCUT2D eigenvalue weighted by Crippen LogP contribution is 2.24. The standard InChI is InChI=1S/C13H15BrClNO/c1-4-7-16(9(2)3)13(17)10-5-6-12(15)11(14)8-10/h4-6,8-9H,1,7H2,2-3H3. The van der Waals surface area contributed by atoms with Crippen LogP contribution in [-0.2, 0) is 0 Å². The van der Waals surface area contributed by atoms with E-state index in [1.165, 1.54) is 0 Å². The van der Waals surface area contributed by atoms with Gasteiger partial charge in [-0.3, -0.25) is 4.79 Å². The average molecular weight is 317 g/mol. The van der Waals surface area contributed by atoms with Crippen molar-refractivity contribution >= 4 is 33.4 Å². The first kappa shape index (κ1) is 14.3. The van der Waals surface area contributed by atoms with E-state index in [0.717, 1.165) is 4.47 Å². The molecule has 0 fully saturated rings. The number of rotatable bonds is 4. The fraction of sp³-hybridized carbons (Fsp3) is 0.308. The highest BCUT2D eigenvalue weighted by atomic mass is 79.9. The molecule has 0 aliphatic carbocycles. The minimum absolute atomic E-state index is 0.0164. The minimum atomic E-state index is -0.0164. The number of carbonyl (C=O) groups is 1. The SMILES string of the molecule is C=CCN(C(=O)c1ccc(Cl)c(Br)c1)C(C)C. The summed E-state index contributed by atoms with van der Waals surface area (Å²) in [4.78, 5) is 14.0. The Bertz CT molecular complexity index is 431. The summed E-state index contributed by atoms with van der Waals surface area (Å²) < 4.78 is 0.729. The van der Waals surface area contributed by atoms with E-state index in [0.29, 0.717) is 17.1 Å². The van der Waals surface area contributed by atoms with Crippen LogP contribution in [0.15, 0.2) is 35.3 Å². The number of halogens is 2. The van der Waals surface area contributed by atoms with Crippen LogP contribution in [-0.4, -0.2) is 23.4 Å². The van der Waals surface area contributed by atoms with E-state index < -0.39 is 0 Å². The molecule has 17 heavy (non-hydrogen) atoms. The largest absolute Gasteiger partial charge is 0.333 e. The third kappa shape index (κ3) is 3.58. The van der Waals surface area contributed by atoms with Crippen molar-refractivity contribution in [1.82, 2.24) is 4.90 Å². The van der Waals surface area contributed by atoms with Gasteiger partial charge in [-0.15, -0.1) is 6.58 Å². The molecule has 92 valence electrons. The molecule has 0 radical (unpaired) electrons. The van der Waals surface area contributed by atoms with Crippen LogP contribution in [0.1, 0.15) is 24.2 Å². The fourth-order valence-electron chi connectivity index (χ4n) is 1.46. The lowest BCUT2D eigenvalue weighted by Gasteiger charge is -2.25. The maximum atomic E-state index is 12.3. The summed E-state index contributed by atoms with van der Waals surface area (Å²) in [6.07, 6.45) is 1.73. The van der Waals surface area contributed by atoms with Crippen LogP contribution in [0.25, 0.3) is 0 Å². The number of carbonyl (C=O) groups excluding carboxylic acids is 1. The minimum Gasteiger partial charge on any atom is -0.333 e. The van der Waals surface area contributed by atoms with Gasteiger partial charge in [-0.2, -0.15) is 0 Å². The molecule has 0 bridgehead atoms. The average Bonchev–Trinajstić information content (AvgIpc) is 2.28. The smallest absolute Gasteiger partial charge is 0.254 e. The number of benzene rings is 1. The Balaban J connectivity index is 3.00. The van der Waals surface area contributed by atoms with Crippen LogP contribution in [0, 0.1) is 0 Å². The first-order valence-corrected chi connectivity index (χ1v) is 6.51. The summed E-state index contributed by atoms with van der Waals surface area (Å²) in [5.74, 6) is -0.0164. The number of amides is 1. The molecule has 0 aromatic heterocycles. The van der Waals surface area contributed by atoms with Crippen molar-refractivity contribution in [2.75, 3.05) is 6.54 Å². The van der Waals surface area contributed by atoms with Crippen LogP contribution in [0.5, 0.6) is 0 Å². The van der Waals surface area contributed by atoms with E-state index >= 15 is 0 Å². The fourth-order valence-corrected chi connectivity index (χ4v) is 1.96. The zero-order valence-electron chi connectivity index (χ0n) is 9.91. The Morgan fingerprint density at radius 3 is 2.71 bits per heavy atom. The predicted molar refractivity (Wildman–Crippen MR) is 75.5 cm³/mol. The van der Waals surface area contributed by atoms with Crippen LogP contribution < -0.4 is 0 Å². The van der Waals surface area contributed by atoms with Crippen LogP contribution in [0.3, 0.4) is 0 Å². The summed E-state index contributed by atoms with van der Waals surface area (Å²) in [5.41, 5.74) is 0.622. The van der Waals surface area contributed by atoms with E-state index in [4.69, 9.17) is 11.6 Å². The van der Waals surface area contributed by atoms with Crippen molar-refractivity contribution in [3.05, 3.63) is 45.9 Å². The van der Waals surface area contributed by atoms with Gasteiger partial charge in [0.2, 0.25) is 0 Å². The molecule has 1 rings (SSSR count). The molecule has 0 N–H and O–H groups in total. The monoisotopic (exact) mass is 315 g/mol. The summed E-state index contributed by atoms with van der Waals surface area (Å²) >= 11 is 9.22. The Morgan fingerprint density at radius 1 is 1.59 bits per heavy atom. The quantitative estimate of drug-likeness (QED) is 0.765. The van der Waals surface area contributed by atoms with Crippen molar-refractivity contribution in [2.45, 2.75) is 19.9 Å². The molecule has 4 heteroatoms. The zero-order valence-corrected chi connectivity index (χ0v) is 12.3. The summed E-state index contributed by atoms with van der Waals surface area (Å²) in [6, 6.07) is 5.32. The van der Waals surface area contributed by atoms with E-state index in [2.05, 4.69) is 22.5 Å². The van der Waals surface area contributed by atoms with Gasteiger partial charge in [-0.25, -0.2) is 0 Å². The molecule has 1 aromatic rings. The molecule has 0 unspecified atom stereocenters. The van der Waals surface area contributed by atoms with E-state index in [-0.39, 0.29) is 11.9 Å². The molecule has 1 aromatic carbocycles. The molecule has 1 amide bonds. The van der Waals surface area contributed by atoms with Gasteiger partial charge >= 0.3 is 0 Å². The van der Waals surface area contributed by atoms with Crippen LogP contribution >= 0.6 is 27.5 Å². The molecule has 0 saturated carbocycles. The lowest BCUT2D eigenvalue weighted by Crippen LogP contribution is -2.37. The summed E-state index contributed by atoms with van der Waals surface area (Å²) in [5, 5.41) is 0.598. The Labute approximate surface area is 115 Å². The number of hydrogen-bond donors (Lipinski definition) is 0. The van der Waals surface area contributed by atoms with E-state index in [9.17, 15) is 4.79 Å². The molecular weight excluding hydrogens is 302 g/mol. The molecule has 0 saturated heterocycles. The third-order valence-corrected chi connectivity index (χ3v) is 3.59. The highest BCUT2D eigenvalue weighted by molar-refractivity contribution is 9.10. The first-order chi connectivity index (χ1) is 7.97. The lowest BCUT2D eigenvalue weighted by molar-refractivity contribution is 0.0728. The topological polar surface area (TPSA) is 20.3 Å². The summed E-state index contributed by atoms with van der Waals surface area (Å²) in [6.45, 7) is 8.16. The van der Waals surface area contributed by atoms with Gasteiger partial charge in [0, 0.05) is 22.6 Å². The zero-order chi connectivity index (χ0) is 13.0. The van der Waals surface area contributed by atoms with Crippen molar-refractivity contribution in [3.8, 4) is 0 Å². The summed E-state index contributed by atoms with van der Waals surface area (Å²) in [7, 11) is 0. The second-order valence-electron chi connectivity index (χ2n) is 3.97. The van der Waals surface area contributed by atoms with E-state index in [1.807, 2.05) is 13.8 Å². The molecule has 0 spiro atoms. The Hall–Kier alpha value is -0.800. The maximum absolute atomic E-state index is 12.3. The van der Waals surface area contributed by atoms with Crippen LogP contribution in [0.4, 0.5) is 0 Å². The van der Waals surface area contributed by atoms with Gasteiger partial charge in [0.05, 0.1) is 5.02 Å². The first-order valence-electron chi connectivity index (χ1n) is 5.34. The van der Waals surface area contributed by atoms with Gasteiger partial charge in [-0.1, -0.05) is 17.7 Å². The molecular formula is C13H15BrClNO. The van der Waals surface area contributed by atoms with E-state index in [1.54, 1.807) is 29.2 Å². The number of hydrogen-bond acceptors (Lipinski definition) is 1. The highest BCUT2D eigenvalue weighted by Gasteiger charge is 2.17. The third-order valence-electron chi connectivity index (χ3n) is 2.38. The maximum Gasteiger partial charge on any atom is 0.254 e. The molecule has 0 heterocycles. The Kier molecular flexibility index (Phi) is 5.22. The van der Waals surface area contributed by atoms with Gasteiger partial charge in [-0.05, 0) is 48.0 Å². The van der Waals surface area contributed by atoms with Crippen LogP contribution in [0.2, 0.25) is 5.02 Å². The van der Waals surface area contributed by atoms with Gasteiger partial charge in [0.25, 0.3) is 5.91 Å². The van der Waals surface area contributed by atoms with Gasteiger partial charge in [0.1, 0.15) is 0 Å². The van der Waals surface area contributed by atoms with Gasteiger partial charge < -0.3 is 4.90 Å². The van der Waals surface area contributed by atoms with Crippen molar-refractivity contribution < 1.29 is 4.79 Å². The Morgan fingerprint density at radius 2 is 2.24 bits per heavy atom. The van der Waals surface area contributed by atoms with Crippen molar-refractivity contribution in [3.63, 3.8) is 0 Å². The molecule has 2 nitrogen and oxygen atoms in total. The molecule has 0 aliphatic rings. The lowest BCUT2D eigenvalue weighted by atomic mass is 10.1. The van der Waals surface area contributed by atoms with Crippen molar-refractivity contribution in [2.24, 2.45) is 0 Å². The predicted octanol–water partition coefficient (Wildman–Crippen LogP) is 4.14. The molecule has 0 aliphatic heterocycles. The number of nitrogens with zero attached hydrogens (tertiary/aromatic N) is 1.